The van der Waals surface area contributed by atoms with Gasteiger partial charge in [0, 0.05) is 18.1 Å². The van der Waals surface area contributed by atoms with Crippen LogP contribution in [0.1, 0.15) is 32.2 Å². The minimum Gasteiger partial charge on any atom is -0.480 e. The van der Waals surface area contributed by atoms with Crippen molar-refractivity contribution in [1.29, 1.82) is 0 Å². The first-order valence-electron chi connectivity index (χ1n) is 6.05. The molecule has 0 aromatic carbocycles. The summed E-state index contributed by atoms with van der Waals surface area (Å²) < 4.78 is 0. The second kappa shape index (κ2) is 6.51. The quantitative estimate of drug-likeness (QED) is 0.836. The molecule has 0 fully saturated rings. The summed E-state index contributed by atoms with van der Waals surface area (Å²) >= 11 is 1.45. The number of carboxylic acids is 1. The first-order valence-corrected chi connectivity index (χ1v) is 6.93. The third-order valence-electron chi connectivity index (χ3n) is 2.49. The van der Waals surface area contributed by atoms with E-state index in [2.05, 4.69) is 10.3 Å². The number of hydrogen-bond acceptors (Lipinski definition) is 4. The number of carbonyl (C=O) groups excluding carboxylic acids is 1. The Morgan fingerprint density at radius 2 is 2.21 bits per heavy atom. The number of aromatic nitrogens is 1. The molecule has 1 aromatic heterocycles. The van der Waals surface area contributed by atoms with Crippen molar-refractivity contribution >= 4 is 23.3 Å². The van der Waals surface area contributed by atoms with Crippen LogP contribution < -0.4 is 5.32 Å². The lowest BCUT2D eigenvalue weighted by molar-refractivity contribution is -0.137. The summed E-state index contributed by atoms with van der Waals surface area (Å²) in [6.45, 7) is 5.69. The number of urea groups is 1. The number of rotatable bonds is 6. The van der Waals surface area contributed by atoms with Gasteiger partial charge in [-0.2, -0.15) is 0 Å². The van der Waals surface area contributed by atoms with E-state index in [0.29, 0.717) is 13.0 Å². The fraction of sp³-hybridized carbons (Fsp3) is 0.583. The lowest BCUT2D eigenvalue weighted by Crippen LogP contribution is -2.50. The van der Waals surface area contributed by atoms with E-state index in [1.807, 2.05) is 26.2 Å². The van der Waals surface area contributed by atoms with Gasteiger partial charge in [0.2, 0.25) is 0 Å². The minimum absolute atomic E-state index is 0.298. The van der Waals surface area contributed by atoms with E-state index in [1.54, 1.807) is 6.20 Å². The van der Waals surface area contributed by atoms with Crippen molar-refractivity contribution in [3.8, 4) is 0 Å². The molecule has 0 bridgehead atoms. The summed E-state index contributed by atoms with van der Waals surface area (Å²) in [5, 5.41) is 14.3. The summed E-state index contributed by atoms with van der Waals surface area (Å²) in [4.78, 5) is 28.3. The highest BCUT2D eigenvalue weighted by Crippen LogP contribution is 2.22. The van der Waals surface area contributed by atoms with Crippen molar-refractivity contribution in [2.75, 3.05) is 13.1 Å². The highest BCUT2D eigenvalue weighted by molar-refractivity contribution is 7.09. The Labute approximate surface area is 116 Å². The van der Waals surface area contributed by atoms with Crippen LogP contribution in [-0.2, 0) is 10.3 Å². The zero-order valence-corrected chi connectivity index (χ0v) is 12.2. The van der Waals surface area contributed by atoms with E-state index in [1.165, 1.54) is 16.2 Å². The monoisotopic (exact) mass is 285 g/mol. The van der Waals surface area contributed by atoms with Gasteiger partial charge in [-0.3, -0.25) is 4.79 Å². The van der Waals surface area contributed by atoms with Crippen molar-refractivity contribution in [2.24, 2.45) is 0 Å². The first-order chi connectivity index (χ1) is 8.86. The normalized spacial score (nSPS) is 11.1. The molecule has 1 rings (SSSR count). The summed E-state index contributed by atoms with van der Waals surface area (Å²) in [6.07, 6.45) is 2.38. The van der Waals surface area contributed by atoms with Gasteiger partial charge in [0.25, 0.3) is 0 Å². The van der Waals surface area contributed by atoms with Crippen molar-refractivity contribution < 1.29 is 14.7 Å². The Bertz CT molecular complexity index is 431. The maximum Gasteiger partial charge on any atom is 0.323 e. The van der Waals surface area contributed by atoms with Gasteiger partial charge >= 0.3 is 12.0 Å². The minimum atomic E-state index is -1.02. The Kier molecular flexibility index (Phi) is 5.29. The van der Waals surface area contributed by atoms with Crippen LogP contribution in [0.5, 0.6) is 0 Å². The number of nitrogens with zero attached hydrogens (tertiary/aromatic N) is 2. The number of amides is 2. The molecule has 0 aliphatic heterocycles. The maximum absolute atomic E-state index is 12.1. The van der Waals surface area contributed by atoms with Crippen molar-refractivity contribution in [3.63, 3.8) is 0 Å². The molecule has 0 aliphatic carbocycles. The Hall–Kier alpha value is -1.63. The van der Waals surface area contributed by atoms with E-state index >= 15 is 0 Å². The summed E-state index contributed by atoms with van der Waals surface area (Å²) in [7, 11) is 0. The molecule has 0 radical (unpaired) electrons. The number of thiazole rings is 1. The predicted octanol–water partition coefficient (Wildman–Crippen LogP) is 1.88. The topological polar surface area (TPSA) is 82.5 Å². The van der Waals surface area contributed by atoms with Gasteiger partial charge < -0.3 is 15.3 Å². The molecule has 7 heteroatoms. The second-order valence-electron chi connectivity index (χ2n) is 4.71. The molecule has 19 heavy (non-hydrogen) atoms. The summed E-state index contributed by atoms with van der Waals surface area (Å²) in [6, 6.07) is -0.385. The van der Waals surface area contributed by atoms with Crippen LogP contribution in [0.25, 0.3) is 0 Å². The molecule has 0 atom stereocenters. The van der Waals surface area contributed by atoms with Crippen LogP contribution in [-0.4, -0.2) is 40.1 Å². The van der Waals surface area contributed by atoms with E-state index in [0.717, 1.165) is 5.01 Å². The van der Waals surface area contributed by atoms with E-state index < -0.39 is 11.5 Å². The fourth-order valence-electron chi connectivity index (χ4n) is 1.62. The predicted molar refractivity (Wildman–Crippen MR) is 73.2 cm³/mol. The molecule has 1 aromatic rings. The molecule has 2 N–H and O–H groups in total. The second-order valence-corrected chi connectivity index (χ2v) is 5.60. The van der Waals surface area contributed by atoms with Crippen LogP contribution in [0.15, 0.2) is 11.6 Å². The molecule has 2 amide bonds. The molecule has 0 saturated carbocycles. The smallest absolute Gasteiger partial charge is 0.323 e. The Balaban J connectivity index is 2.73. The molecule has 1 heterocycles. The van der Waals surface area contributed by atoms with E-state index in [4.69, 9.17) is 5.11 Å². The number of carbonyl (C=O) groups is 2. The first kappa shape index (κ1) is 15.4. The van der Waals surface area contributed by atoms with Gasteiger partial charge in [0.05, 0.1) is 5.54 Å². The highest BCUT2D eigenvalue weighted by atomic mass is 32.1. The van der Waals surface area contributed by atoms with Crippen LogP contribution >= 0.6 is 11.3 Å². The van der Waals surface area contributed by atoms with Gasteiger partial charge in [-0.1, -0.05) is 6.92 Å². The standard InChI is InChI=1S/C12H19N3O3S/c1-4-6-15(8-9(16)17)11(18)14-12(2,3)10-13-5-7-19-10/h5,7H,4,6,8H2,1-3H3,(H,14,18)(H,16,17). The van der Waals surface area contributed by atoms with Crippen LogP contribution in [0.2, 0.25) is 0 Å². The summed E-state index contributed by atoms with van der Waals surface area (Å²) in [5.41, 5.74) is -0.615. The third kappa shape index (κ3) is 4.51. The third-order valence-corrected chi connectivity index (χ3v) is 3.59. The number of nitrogens with one attached hydrogen (secondary N) is 1. The van der Waals surface area contributed by atoms with Crippen molar-refractivity contribution in [1.82, 2.24) is 15.2 Å². The molecule has 0 unspecified atom stereocenters. The Morgan fingerprint density at radius 1 is 1.53 bits per heavy atom. The number of aliphatic carboxylic acids is 1. The van der Waals surface area contributed by atoms with Gasteiger partial charge in [-0.25, -0.2) is 9.78 Å². The maximum atomic E-state index is 12.1. The van der Waals surface area contributed by atoms with E-state index in [9.17, 15) is 9.59 Å². The lowest BCUT2D eigenvalue weighted by Gasteiger charge is -2.28. The van der Waals surface area contributed by atoms with Crippen LogP contribution in [0.4, 0.5) is 4.79 Å². The molecule has 6 nitrogen and oxygen atoms in total. The largest absolute Gasteiger partial charge is 0.480 e. The van der Waals surface area contributed by atoms with Crippen LogP contribution in [0, 0.1) is 0 Å². The average Bonchev–Trinajstić information content (AvgIpc) is 2.81. The molecule has 0 aliphatic rings. The van der Waals surface area contributed by atoms with Gasteiger partial charge in [0.15, 0.2) is 0 Å². The molecule has 0 saturated heterocycles. The molecule has 0 spiro atoms. The number of hydrogen-bond donors (Lipinski definition) is 2. The highest BCUT2D eigenvalue weighted by Gasteiger charge is 2.28. The van der Waals surface area contributed by atoms with Crippen molar-refractivity contribution in [2.45, 2.75) is 32.7 Å². The van der Waals surface area contributed by atoms with Gasteiger partial charge in [0.1, 0.15) is 11.6 Å². The Morgan fingerprint density at radius 3 is 2.68 bits per heavy atom. The van der Waals surface area contributed by atoms with Crippen LogP contribution in [0.3, 0.4) is 0 Å². The fourth-order valence-corrected chi connectivity index (χ4v) is 2.34. The average molecular weight is 285 g/mol. The molecule has 106 valence electrons. The lowest BCUT2D eigenvalue weighted by atomic mass is 10.1. The molecular weight excluding hydrogens is 266 g/mol. The van der Waals surface area contributed by atoms with Gasteiger partial charge in [-0.05, 0) is 20.3 Å². The van der Waals surface area contributed by atoms with E-state index in [-0.39, 0.29) is 12.6 Å². The number of carboxylic acid groups (broad SMARTS) is 1. The molecular formula is C12H19N3O3S. The SMILES string of the molecule is CCCN(CC(=O)O)C(=O)NC(C)(C)c1nccs1. The van der Waals surface area contributed by atoms with Gasteiger partial charge in [-0.15, -0.1) is 11.3 Å². The summed E-state index contributed by atoms with van der Waals surface area (Å²) in [5.74, 6) is -1.02. The zero-order valence-electron chi connectivity index (χ0n) is 11.3. The van der Waals surface area contributed by atoms with Crippen molar-refractivity contribution in [3.05, 3.63) is 16.6 Å². The zero-order chi connectivity index (χ0) is 14.5.